The molecule has 32 heavy (non-hydrogen) atoms. The molecule has 2 heterocycles. The molecular formula is C26H30ClN3O2. The summed E-state index contributed by atoms with van der Waals surface area (Å²) in [6, 6.07) is 18.0. The first-order chi connectivity index (χ1) is 15.5. The zero-order valence-corrected chi connectivity index (χ0v) is 19.5. The van der Waals surface area contributed by atoms with Crippen LogP contribution < -0.4 is 0 Å². The van der Waals surface area contributed by atoms with Crippen LogP contribution in [0.3, 0.4) is 0 Å². The number of hydrogen-bond donors (Lipinski definition) is 0. The molecule has 4 rings (SSSR count). The number of hydrogen-bond acceptors (Lipinski definition) is 4. The highest BCUT2D eigenvalue weighted by atomic mass is 35.5. The van der Waals surface area contributed by atoms with Crippen molar-refractivity contribution < 1.29 is 9.53 Å². The molecule has 1 aromatic heterocycles. The molecule has 1 aliphatic heterocycles. The van der Waals surface area contributed by atoms with Crippen molar-refractivity contribution in [2.45, 2.75) is 33.0 Å². The van der Waals surface area contributed by atoms with E-state index in [0.717, 1.165) is 40.1 Å². The highest BCUT2D eigenvalue weighted by molar-refractivity contribution is 6.30. The van der Waals surface area contributed by atoms with Gasteiger partial charge in [0, 0.05) is 49.3 Å². The lowest BCUT2D eigenvalue weighted by molar-refractivity contribution is -0.151. The summed E-state index contributed by atoms with van der Waals surface area (Å²) in [5.41, 5.74) is 3.15. The fourth-order valence-electron chi connectivity index (χ4n) is 4.27. The van der Waals surface area contributed by atoms with Gasteiger partial charge in [-0.05, 0) is 35.2 Å². The summed E-state index contributed by atoms with van der Waals surface area (Å²) in [7, 11) is 0. The maximum atomic E-state index is 13.6. The summed E-state index contributed by atoms with van der Waals surface area (Å²) in [4.78, 5) is 22.3. The van der Waals surface area contributed by atoms with E-state index in [1.807, 2.05) is 35.2 Å². The van der Waals surface area contributed by atoms with Gasteiger partial charge in [-0.2, -0.15) is 0 Å². The van der Waals surface area contributed by atoms with Gasteiger partial charge in [0.2, 0.25) is 0 Å². The van der Waals surface area contributed by atoms with Crippen LogP contribution in [0.5, 0.6) is 0 Å². The van der Waals surface area contributed by atoms with Gasteiger partial charge in [-0.25, -0.2) is 0 Å². The molecule has 0 unspecified atom stereocenters. The molecule has 0 saturated carbocycles. The zero-order chi connectivity index (χ0) is 22.5. The molecule has 6 heteroatoms. The largest absolute Gasteiger partial charge is 0.366 e. The van der Waals surface area contributed by atoms with E-state index in [9.17, 15) is 4.79 Å². The maximum Gasteiger partial charge on any atom is 0.253 e. The fourth-order valence-corrected chi connectivity index (χ4v) is 4.48. The van der Waals surface area contributed by atoms with Crippen LogP contribution >= 0.6 is 11.6 Å². The van der Waals surface area contributed by atoms with Crippen molar-refractivity contribution in [3.63, 3.8) is 0 Å². The van der Waals surface area contributed by atoms with E-state index in [-0.39, 0.29) is 5.91 Å². The predicted octanol–water partition coefficient (Wildman–Crippen LogP) is 4.77. The van der Waals surface area contributed by atoms with Crippen molar-refractivity contribution in [1.82, 2.24) is 14.8 Å². The third kappa shape index (κ3) is 5.66. The lowest BCUT2D eigenvalue weighted by Gasteiger charge is -2.35. The summed E-state index contributed by atoms with van der Waals surface area (Å²) >= 11 is 6.14. The minimum Gasteiger partial charge on any atom is -0.366 e. The SMILES string of the molecule is CC(C)CN(Cc1cccc2cccnc12)C(=O)[C@H]1CN(Cc2cccc(Cl)c2)CCO1. The van der Waals surface area contributed by atoms with Crippen molar-refractivity contribution in [3.05, 3.63) is 76.9 Å². The number of halogens is 1. The second-order valence-corrected chi connectivity index (χ2v) is 9.27. The third-order valence-electron chi connectivity index (χ3n) is 5.70. The van der Waals surface area contributed by atoms with Gasteiger partial charge in [0.1, 0.15) is 6.10 Å². The number of carbonyl (C=O) groups excluding carboxylic acids is 1. The first kappa shape index (κ1) is 22.7. The standard InChI is InChI=1S/C26H30ClN3O2/c1-19(2)15-30(17-22-8-4-7-21-9-5-11-28-25(21)22)26(31)24-18-29(12-13-32-24)16-20-6-3-10-23(27)14-20/h3-11,14,19,24H,12-13,15-18H2,1-2H3/t24-/m1/s1. The number of nitrogens with zero attached hydrogens (tertiary/aromatic N) is 3. The Morgan fingerprint density at radius 2 is 2.03 bits per heavy atom. The average Bonchev–Trinajstić information content (AvgIpc) is 2.78. The van der Waals surface area contributed by atoms with Gasteiger partial charge < -0.3 is 9.64 Å². The van der Waals surface area contributed by atoms with E-state index in [4.69, 9.17) is 16.3 Å². The topological polar surface area (TPSA) is 45.7 Å². The molecule has 2 aromatic carbocycles. The van der Waals surface area contributed by atoms with E-state index in [1.54, 1.807) is 6.20 Å². The van der Waals surface area contributed by atoms with Gasteiger partial charge in [-0.1, -0.05) is 61.8 Å². The number of aromatic nitrogens is 1. The highest BCUT2D eigenvalue weighted by Crippen LogP contribution is 2.21. The van der Waals surface area contributed by atoms with Crippen LogP contribution in [0.2, 0.25) is 5.02 Å². The zero-order valence-electron chi connectivity index (χ0n) is 18.7. The number of rotatable bonds is 7. The minimum absolute atomic E-state index is 0.0439. The molecule has 1 atom stereocenters. The quantitative estimate of drug-likeness (QED) is 0.519. The predicted molar refractivity (Wildman–Crippen MR) is 128 cm³/mol. The number of morpholine rings is 1. The molecule has 0 radical (unpaired) electrons. The Bertz CT molecular complexity index is 1070. The van der Waals surface area contributed by atoms with Crippen molar-refractivity contribution >= 4 is 28.4 Å². The number of pyridine rings is 1. The van der Waals surface area contributed by atoms with E-state index >= 15 is 0 Å². The van der Waals surface area contributed by atoms with Gasteiger partial charge in [0.15, 0.2) is 0 Å². The lowest BCUT2D eigenvalue weighted by atomic mass is 10.1. The van der Waals surface area contributed by atoms with Gasteiger partial charge in [0.25, 0.3) is 5.91 Å². The molecule has 3 aromatic rings. The van der Waals surface area contributed by atoms with Crippen molar-refractivity contribution in [2.75, 3.05) is 26.2 Å². The molecule has 0 N–H and O–H groups in total. The molecular weight excluding hydrogens is 422 g/mol. The smallest absolute Gasteiger partial charge is 0.253 e. The van der Waals surface area contributed by atoms with Crippen molar-refractivity contribution in [3.8, 4) is 0 Å². The Labute approximate surface area is 194 Å². The van der Waals surface area contributed by atoms with Crippen LogP contribution in [0.4, 0.5) is 0 Å². The average molecular weight is 452 g/mol. The monoisotopic (exact) mass is 451 g/mol. The van der Waals surface area contributed by atoms with Crippen molar-refractivity contribution in [1.29, 1.82) is 0 Å². The second-order valence-electron chi connectivity index (χ2n) is 8.83. The number of para-hydroxylation sites is 1. The third-order valence-corrected chi connectivity index (χ3v) is 5.93. The molecule has 0 bridgehead atoms. The number of fused-ring (bicyclic) bond motifs is 1. The molecule has 1 saturated heterocycles. The van der Waals surface area contributed by atoms with Gasteiger partial charge >= 0.3 is 0 Å². The Hall–Kier alpha value is -2.47. The van der Waals surface area contributed by atoms with E-state index in [2.05, 4.69) is 48.0 Å². The highest BCUT2D eigenvalue weighted by Gasteiger charge is 2.31. The summed E-state index contributed by atoms with van der Waals surface area (Å²) in [6.45, 7) is 8.15. The molecule has 5 nitrogen and oxygen atoms in total. The van der Waals surface area contributed by atoms with Crippen LogP contribution in [0.25, 0.3) is 10.9 Å². The lowest BCUT2D eigenvalue weighted by Crippen LogP contribution is -2.51. The van der Waals surface area contributed by atoms with Crippen molar-refractivity contribution in [2.24, 2.45) is 5.92 Å². The number of amides is 1. The summed E-state index contributed by atoms with van der Waals surface area (Å²) in [5.74, 6) is 0.399. The Balaban J connectivity index is 1.49. The van der Waals surface area contributed by atoms with Gasteiger partial charge in [-0.3, -0.25) is 14.7 Å². The number of ether oxygens (including phenoxy) is 1. The van der Waals surface area contributed by atoms with Gasteiger partial charge in [0.05, 0.1) is 12.1 Å². The summed E-state index contributed by atoms with van der Waals surface area (Å²) in [5, 5.41) is 1.82. The van der Waals surface area contributed by atoms with E-state index in [0.29, 0.717) is 32.2 Å². The van der Waals surface area contributed by atoms with Crippen LogP contribution in [-0.2, 0) is 22.6 Å². The molecule has 1 fully saturated rings. The first-order valence-electron chi connectivity index (χ1n) is 11.2. The normalized spacial score (nSPS) is 17.1. The Morgan fingerprint density at radius 3 is 2.84 bits per heavy atom. The van der Waals surface area contributed by atoms with Gasteiger partial charge in [-0.15, -0.1) is 0 Å². The summed E-state index contributed by atoms with van der Waals surface area (Å²) in [6.07, 6.45) is 1.34. The number of carbonyl (C=O) groups is 1. The summed E-state index contributed by atoms with van der Waals surface area (Å²) < 4.78 is 5.94. The van der Waals surface area contributed by atoms with Crippen LogP contribution in [0.1, 0.15) is 25.0 Å². The Morgan fingerprint density at radius 1 is 1.22 bits per heavy atom. The van der Waals surface area contributed by atoms with E-state index < -0.39 is 6.10 Å². The first-order valence-corrected chi connectivity index (χ1v) is 11.6. The molecule has 1 aliphatic rings. The van der Waals surface area contributed by atoms with E-state index in [1.165, 1.54) is 0 Å². The molecule has 1 amide bonds. The van der Waals surface area contributed by atoms with Crippen LogP contribution in [-0.4, -0.2) is 53.0 Å². The minimum atomic E-state index is -0.468. The van der Waals surface area contributed by atoms with Crippen LogP contribution in [0, 0.1) is 5.92 Å². The fraction of sp³-hybridized carbons (Fsp3) is 0.385. The second kappa shape index (κ2) is 10.4. The molecule has 168 valence electrons. The number of benzene rings is 2. The molecule has 0 spiro atoms. The Kier molecular flexibility index (Phi) is 7.40. The molecule has 0 aliphatic carbocycles. The maximum absolute atomic E-state index is 13.6. The van der Waals surface area contributed by atoms with Crippen LogP contribution in [0.15, 0.2) is 60.8 Å².